The van der Waals surface area contributed by atoms with E-state index in [4.69, 9.17) is 5.73 Å². The minimum atomic E-state index is -3.29. The summed E-state index contributed by atoms with van der Waals surface area (Å²) < 4.78 is 28.0. The van der Waals surface area contributed by atoms with Gasteiger partial charge in [0.05, 0.1) is 30.6 Å². The molecule has 1 aliphatic heterocycles. The number of aromatic nitrogens is 5. The quantitative estimate of drug-likeness (QED) is 0.684. The van der Waals surface area contributed by atoms with Crippen LogP contribution in [-0.4, -0.2) is 56.4 Å². The van der Waals surface area contributed by atoms with Crippen LogP contribution >= 0.6 is 0 Å². The first kappa shape index (κ1) is 16.5. The van der Waals surface area contributed by atoms with Gasteiger partial charge in [-0.05, 0) is 12.1 Å². The third kappa shape index (κ3) is 2.51. The predicted octanol–water partition coefficient (Wildman–Crippen LogP) is 0.0592. The number of sulfonamides is 1. The number of anilines is 1. The molecule has 3 aromatic heterocycles. The first-order valence-corrected chi connectivity index (χ1v) is 9.66. The van der Waals surface area contributed by atoms with E-state index in [-0.39, 0.29) is 25.5 Å². The van der Waals surface area contributed by atoms with Gasteiger partial charge in [-0.15, -0.1) is 5.10 Å². The van der Waals surface area contributed by atoms with Gasteiger partial charge in [-0.25, -0.2) is 12.9 Å². The van der Waals surface area contributed by atoms with Crippen molar-refractivity contribution in [2.75, 3.05) is 25.1 Å². The van der Waals surface area contributed by atoms with E-state index >= 15 is 0 Å². The van der Waals surface area contributed by atoms with Gasteiger partial charge in [0.2, 0.25) is 16.0 Å². The largest absolute Gasteiger partial charge is 0.366 e. The second kappa shape index (κ2) is 5.52. The summed E-state index contributed by atoms with van der Waals surface area (Å²) in [5, 5.41) is 17.8. The van der Waals surface area contributed by atoms with Gasteiger partial charge in [0.15, 0.2) is 5.65 Å². The number of nitrogens with zero attached hydrogens (tertiary/aromatic N) is 7. The zero-order valence-corrected chi connectivity index (χ0v) is 14.8. The molecule has 0 saturated carbocycles. The molecule has 26 heavy (non-hydrogen) atoms. The highest BCUT2D eigenvalue weighted by Crippen LogP contribution is 2.34. The summed E-state index contributed by atoms with van der Waals surface area (Å²) in [5.41, 5.74) is 7.16. The molecule has 1 aliphatic rings. The van der Waals surface area contributed by atoms with Gasteiger partial charge in [0.1, 0.15) is 5.54 Å². The third-order valence-corrected chi connectivity index (χ3v) is 5.76. The minimum absolute atomic E-state index is 0.167. The van der Waals surface area contributed by atoms with Crippen molar-refractivity contribution >= 4 is 21.6 Å². The van der Waals surface area contributed by atoms with Gasteiger partial charge < -0.3 is 5.73 Å². The van der Waals surface area contributed by atoms with Crippen LogP contribution in [-0.2, 0) is 15.6 Å². The van der Waals surface area contributed by atoms with Crippen molar-refractivity contribution in [3.8, 4) is 17.3 Å². The molecule has 0 unspecified atom stereocenters. The monoisotopic (exact) mass is 372 g/mol. The Morgan fingerprint density at radius 1 is 1.38 bits per heavy atom. The Labute approximate surface area is 149 Å². The molecule has 0 amide bonds. The maximum Gasteiger partial charge on any atom is 0.240 e. The Morgan fingerprint density at radius 2 is 2.15 bits per heavy atom. The van der Waals surface area contributed by atoms with Crippen LogP contribution in [0.3, 0.4) is 0 Å². The minimum Gasteiger partial charge on any atom is -0.366 e. The fraction of sp³-hybridized carbons (Fsp3) is 0.333. The average Bonchev–Trinajstić information content (AvgIpc) is 3.14. The molecule has 10 nitrogen and oxygen atoms in total. The SMILES string of the molecule is CS(=O)(=O)N1CC(CC#N)(n2cc(-c3cccc4nc(N)nn34)cn2)C1. The summed E-state index contributed by atoms with van der Waals surface area (Å²) in [4.78, 5) is 4.13. The maximum absolute atomic E-state index is 11.7. The number of nitrogens with two attached hydrogens (primary N) is 1. The van der Waals surface area contributed by atoms with Crippen molar-refractivity contribution in [2.24, 2.45) is 0 Å². The lowest BCUT2D eigenvalue weighted by atomic mass is 9.89. The second-order valence-corrected chi connectivity index (χ2v) is 8.40. The fourth-order valence-electron chi connectivity index (χ4n) is 3.18. The van der Waals surface area contributed by atoms with Crippen LogP contribution in [0.2, 0.25) is 0 Å². The summed E-state index contributed by atoms with van der Waals surface area (Å²) in [6, 6.07) is 7.64. The molecule has 1 fully saturated rings. The van der Waals surface area contributed by atoms with Crippen molar-refractivity contribution in [2.45, 2.75) is 12.0 Å². The first-order chi connectivity index (χ1) is 12.3. The molecule has 11 heteroatoms. The van der Waals surface area contributed by atoms with Crippen LogP contribution in [0.5, 0.6) is 0 Å². The highest BCUT2D eigenvalue weighted by atomic mass is 32.2. The lowest BCUT2D eigenvalue weighted by Gasteiger charge is -2.47. The molecule has 0 bridgehead atoms. The number of fused-ring (bicyclic) bond motifs is 1. The van der Waals surface area contributed by atoms with E-state index in [0.29, 0.717) is 5.65 Å². The first-order valence-electron chi connectivity index (χ1n) is 7.81. The van der Waals surface area contributed by atoms with Gasteiger partial charge >= 0.3 is 0 Å². The molecule has 1 saturated heterocycles. The fourth-order valence-corrected chi connectivity index (χ4v) is 4.13. The molecule has 4 heterocycles. The van der Waals surface area contributed by atoms with Crippen molar-refractivity contribution < 1.29 is 8.42 Å². The zero-order chi connectivity index (χ0) is 18.5. The lowest BCUT2D eigenvalue weighted by Crippen LogP contribution is -2.63. The van der Waals surface area contributed by atoms with E-state index in [1.807, 2.05) is 12.1 Å². The third-order valence-electron chi connectivity index (χ3n) is 4.56. The molecular weight excluding hydrogens is 356 g/mol. The molecule has 0 atom stereocenters. The van der Waals surface area contributed by atoms with Crippen molar-refractivity contribution in [3.63, 3.8) is 0 Å². The topological polar surface area (TPSA) is 135 Å². The lowest BCUT2D eigenvalue weighted by molar-refractivity contribution is 0.0724. The molecule has 134 valence electrons. The Morgan fingerprint density at radius 3 is 2.85 bits per heavy atom. The van der Waals surface area contributed by atoms with Crippen molar-refractivity contribution in [3.05, 3.63) is 30.6 Å². The standard InChI is InChI=1S/C15H16N8O2S/c1-26(24,25)21-9-15(10-21,5-6-16)22-8-11(7-18-22)12-3-2-4-13-19-14(17)20-23(12)13/h2-4,7-8H,5,9-10H2,1H3,(H2,17,20). The van der Waals surface area contributed by atoms with Gasteiger partial charge in [0.25, 0.3) is 0 Å². The molecule has 2 N–H and O–H groups in total. The summed E-state index contributed by atoms with van der Waals surface area (Å²) in [7, 11) is -3.29. The summed E-state index contributed by atoms with van der Waals surface area (Å²) in [6.07, 6.45) is 4.78. The van der Waals surface area contributed by atoms with Crippen LogP contribution in [0.4, 0.5) is 5.95 Å². The number of pyridine rings is 1. The Hall–Kier alpha value is -2.97. The molecule has 0 radical (unpaired) electrons. The summed E-state index contributed by atoms with van der Waals surface area (Å²) >= 11 is 0. The van der Waals surface area contributed by atoms with Crippen molar-refractivity contribution in [1.82, 2.24) is 28.7 Å². The van der Waals surface area contributed by atoms with E-state index in [0.717, 1.165) is 17.5 Å². The Balaban J connectivity index is 1.72. The van der Waals surface area contributed by atoms with Crippen LogP contribution in [0.15, 0.2) is 30.6 Å². The van der Waals surface area contributed by atoms with E-state index in [1.54, 1.807) is 27.7 Å². The molecule has 0 aliphatic carbocycles. The van der Waals surface area contributed by atoms with Crippen LogP contribution < -0.4 is 5.73 Å². The number of nitrogen functional groups attached to an aromatic ring is 1. The van der Waals surface area contributed by atoms with Gasteiger partial charge in [0, 0.05) is 24.8 Å². The Kier molecular flexibility index (Phi) is 3.50. The predicted molar refractivity (Wildman–Crippen MR) is 93.2 cm³/mol. The molecule has 0 aromatic carbocycles. The molecule has 3 aromatic rings. The molecule has 4 rings (SSSR count). The van der Waals surface area contributed by atoms with E-state index in [9.17, 15) is 13.7 Å². The number of hydrogen-bond donors (Lipinski definition) is 1. The Bertz CT molecular complexity index is 1130. The second-order valence-electron chi connectivity index (χ2n) is 6.41. The van der Waals surface area contributed by atoms with Gasteiger partial charge in [-0.2, -0.15) is 19.6 Å². The number of hydrogen-bond acceptors (Lipinski definition) is 7. The van der Waals surface area contributed by atoms with Crippen LogP contribution in [0.25, 0.3) is 16.9 Å². The molecular formula is C15H16N8O2S. The maximum atomic E-state index is 11.7. The number of rotatable bonds is 4. The summed E-state index contributed by atoms with van der Waals surface area (Å²) in [5.74, 6) is 0.175. The van der Waals surface area contributed by atoms with Crippen LogP contribution in [0, 0.1) is 11.3 Å². The zero-order valence-electron chi connectivity index (χ0n) is 13.9. The van der Waals surface area contributed by atoms with Crippen molar-refractivity contribution in [1.29, 1.82) is 5.26 Å². The molecule has 0 spiro atoms. The van der Waals surface area contributed by atoms with E-state index in [1.165, 1.54) is 4.31 Å². The summed E-state index contributed by atoms with van der Waals surface area (Å²) in [6.45, 7) is 0.446. The van der Waals surface area contributed by atoms with E-state index < -0.39 is 15.6 Å². The van der Waals surface area contributed by atoms with Gasteiger partial charge in [-0.1, -0.05) is 6.07 Å². The normalized spacial score (nSPS) is 17.1. The smallest absolute Gasteiger partial charge is 0.240 e. The highest BCUT2D eigenvalue weighted by molar-refractivity contribution is 7.88. The van der Waals surface area contributed by atoms with E-state index in [2.05, 4.69) is 21.3 Å². The highest BCUT2D eigenvalue weighted by Gasteiger charge is 2.49. The average molecular weight is 372 g/mol. The number of nitriles is 1. The van der Waals surface area contributed by atoms with Crippen LogP contribution in [0.1, 0.15) is 6.42 Å². The van der Waals surface area contributed by atoms with Gasteiger partial charge in [-0.3, -0.25) is 4.68 Å².